The Bertz CT molecular complexity index is 437. The van der Waals surface area contributed by atoms with Crippen molar-refractivity contribution >= 4 is 11.9 Å². The van der Waals surface area contributed by atoms with Gasteiger partial charge in [-0.25, -0.2) is 4.79 Å². The minimum absolute atomic E-state index is 0.205. The molecular formula is C16H26N2O3. The molecule has 5 heteroatoms. The molecule has 0 aromatic heterocycles. The second kappa shape index (κ2) is 8.46. The molecule has 1 atom stereocenters. The van der Waals surface area contributed by atoms with Crippen molar-refractivity contribution in [2.75, 3.05) is 13.7 Å². The number of rotatable bonds is 8. The first-order valence-corrected chi connectivity index (χ1v) is 7.09. The lowest BCUT2D eigenvalue weighted by Gasteiger charge is -2.40. The van der Waals surface area contributed by atoms with Gasteiger partial charge in [0.15, 0.2) is 0 Å². The number of carbonyl (C=O) groups excluding carboxylic acids is 2. The average molecular weight is 294 g/mol. The Morgan fingerprint density at radius 1 is 1.43 bits per heavy atom. The van der Waals surface area contributed by atoms with E-state index in [2.05, 4.69) is 6.58 Å². The summed E-state index contributed by atoms with van der Waals surface area (Å²) in [5, 5.41) is 8.78. The molecule has 1 unspecified atom stereocenters. The molecule has 21 heavy (non-hydrogen) atoms. The highest BCUT2D eigenvalue weighted by Crippen LogP contribution is 2.27. The van der Waals surface area contributed by atoms with Crippen LogP contribution >= 0.6 is 0 Å². The SMILES string of the molecule is C=C(C)CCN(C(=O)CC#N)C(C)(CC(C)C)C(=O)OC. The lowest BCUT2D eigenvalue weighted by Crippen LogP contribution is -2.56. The Balaban J connectivity index is 5.54. The van der Waals surface area contributed by atoms with Crippen LogP contribution in [0.4, 0.5) is 0 Å². The number of amides is 1. The van der Waals surface area contributed by atoms with Crippen molar-refractivity contribution in [1.82, 2.24) is 4.90 Å². The standard InChI is InChI=1S/C16H26N2O3/c1-12(2)8-10-18(14(19)7-9-17)16(5,11-13(3)4)15(20)21-6/h13H,1,7-8,10-11H2,2-6H3. The van der Waals surface area contributed by atoms with E-state index >= 15 is 0 Å². The van der Waals surface area contributed by atoms with Crippen LogP contribution in [0.1, 0.15) is 47.0 Å². The van der Waals surface area contributed by atoms with Gasteiger partial charge in [-0.1, -0.05) is 19.4 Å². The summed E-state index contributed by atoms with van der Waals surface area (Å²) < 4.78 is 4.89. The van der Waals surface area contributed by atoms with E-state index in [1.807, 2.05) is 26.8 Å². The van der Waals surface area contributed by atoms with Crippen molar-refractivity contribution in [2.45, 2.75) is 52.5 Å². The number of nitriles is 1. The lowest BCUT2D eigenvalue weighted by molar-refractivity contribution is -0.162. The lowest BCUT2D eigenvalue weighted by atomic mass is 9.88. The van der Waals surface area contributed by atoms with E-state index in [1.165, 1.54) is 12.0 Å². The van der Waals surface area contributed by atoms with Gasteiger partial charge < -0.3 is 9.64 Å². The van der Waals surface area contributed by atoms with Crippen molar-refractivity contribution in [3.05, 3.63) is 12.2 Å². The van der Waals surface area contributed by atoms with E-state index in [1.54, 1.807) is 6.92 Å². The van der Waals surface area contributed by atoms with Crippen LogP contribution in [-0.4, -0.2) is 36.0 Å². The normalized spacial score (nSPS) is 13.2. The highest BCUT2D eigenvalue weighted by atomic mass is 16.5. The summed E-state index contributed by atoms with van der Waals surface area (Å²) in [5.74, 6) is -0.604. The predicted molar refractivity (Wildman–Crippen MR) is 81.3 cm³/mol. The summed E-state index contributed by atoms with van der Waals surface area (Å²) in [7, 11) is 1.31. The minimum atomic E-state index is -1.06. The maximum absolute atomic E-state index is 12.3. The molecule has 0 spiro atoms. The van der Waals surface area contributed by atoms with Gasteiger partial charge in [-0.15, -0.1) is 6.58 Å². The highest BCUT2D eigenvalue weighted by molar-refractivity contribution is 5.88. The zero-order valence-corrected chi connectivity index (χ0v) is 13.7. The Morgan fingerprint density at radius 2 is 2.00 bits per heavy atom. The summed E-state index contributed by atoms with van der Waals surface area (Å²) in [4.78, 5) is 26.0. The predicted octanol–water partition coefficient (Wildman–Crippen LogP) is 2.67. The summed E-state index contributed by atoms with van der Waals surface area (Å²) in [6.45, 7) is 11.7. The molecule has 0 saturated carbocycles. The molecule has 0 aromatic carbocycles. The third-order valence-electron chi connectivity index (χ3n) is 3.32. The number of ether oxygens (including phenoxy) is 1. The van der Waals surface area contributed by atoms with Gasteiger partial charge in [0.25, 0.3) is 0 Å². The van der Waals surface area contributed by atoms with E-state index in [-0.39, 0.29) is 18.2 Å². The van der Waals surface area contributed by atoms with E-state index in [9.17, 15) is 9.59 Å². The van der Waals surface area contributed by atoms with Crippen LogP contribution in [-0.2, 0) is 14.3 Å². The van der Waals surface area contributed by atoms with E-state index in [0.29, 0.717) is 19.4 Å². The second-order valence-electron chi connectivity index (χ2n) is 5.95. The molecule has 0 rings (SSSR count). The van der Waals surface area contributed by atoms with Crippen molar-refractivity contribution in [3.63, 3.8) is 0 Å². The zero-order valence-electron chi connectivity index (χ0n) is 13.7. The van der Waals surface area contributed by atoms with Crippen LogP contribution in [0.15, 0.2) is 12.2 Å². The Hall–Kier alpha value is -1.83. The van der Waals surface area contributed by atoms with Crippen LogP contribution < -0.4 is 0 Å². The highest BCUT2D eigenvalue weighted by Gasteiger charge is 2.43. The van der Waals surface area contributed by atoms with Crippen LogP contribution in [0.3, 0.4) is 0 Å². The number of hydrogen-bond acceptors (Lipinski definition) is 4. The molecule has 0 aliphatic heterocycles. The van der Waals surface area contributed by atoms with Gasteiger partial charge in [0, 0.05) is 6.54 Å². The van der Waals surface area contributed by atoms with Crippen molar-refractivity contribution in [3.8, 4) is 6.07 Å². The van der Waals surface area contributed by atoms with E-state index in [4.69, 9.17) is 10.00 Å². The molecule has 118 valence electrons. The Labute approximate surface area is 127 Å². The van der Waals surface area contributed by atoms with Gasteiger partial charge in [0.2, 0.25) is 5.91 Å². The molecular weight excluding hydrogens is 268 g/mol. The van der Waals surface area contributed by atoms with Gasteiger partial charge >= 0.3 is 5.97 Å². The molecule has 0 N–H and O–H groups in total. The monoisotopic (exact) mass is 294 g/mol. The first-order chi connectivity index (χ1) is 9.68. The van der Waals surface area contributed by atoms with Crippen LogP contribution in [0.25, 0.3) is 0 Å². The minimum Gasteiger partial charge on any atom is -0.467 e. The maximum atomic E-state index is 12.3. The Morgan fingerprint density at radius 3 is 2.38 bits per heavy atom. The van der Waals surface area contributed by atoms with Crippen molar-refractivity contribution < 1.29 is 14.3 Å². The molecule has 1 amide bonds. The third kappa shape index (κ3) is 5.58. The average Bonchev–Trinajstić information content (AvgIpc) is 2.36. The maximum Gasteiger partial charge on any atom is 0.331 e. The molecule has 5 nitrogen and oxygen atoms in total. The fourth-order valence-corrected chi connectivity index (χ4v) is 2.43. The second-order valence-corrected chi connectivity index (χ2v) is 5.95. The van der Waals surface area contributed by atoms with Gasteiger partial charge in [0.05, 0.1) is 13.2 Å². The summed E-state index contributed by atoms with van der Waals surface area (Å²) in [6.07, 6.45) is 0.815. The molecule has 0 heterocycles. The smallest absolute Gasteiger partial charge is 0.331 e. The molecule has 0 radical (unpaired) electrons. The molecule has 0 aliphatic rings. The largest absolute Gasteiger partial charge is 0.467 e. The zero-order chi connectivity index (χ0) is 16.6. The van der Waals surface area contributed by atoms with Gasteiger partial charge in [-0.2, -0.15) is 5.26 Å². The van der Waals surface area contributed by atoms with Crippen LogP contribution in [0, 0.1) is 17.2 Å². The van der Waals surface area contributed by atoms with E-state index in [0.717, 1.165) is 5.57 Å². The third-order valence-corrected chi connectivity index (χ3v) is 3.32. The summed E-state index contributed by atoms with van der Waals surface area (Å²) in [5.41, 5.74) is -0.145. The summed E-state index contributed by atoms with van der Waals surface area (Å²) in [6, 6.07) is 1.85. The molecule has 0 saturated heterocycles. The number of esters is 1. The molecule has 0 aliphatic carbocycles. The van der Waals surface area contributed by atoms with Crippen LogP contribution in [0.5, 0.6) is 0 Å². The van der Waals surface area contributed by atoms with Gasteiger partial charge in [-0.05, 0) is 32.6 Å². The first-order valence-electron chi connectivity index (χ1n) is 7.09. The number of carbonyl (C=O) groups is 2. The van der Waals surface area contributed by atoms with Gasteiger partial charge in [-0.3, -0.25) is 4.79 Å². The number of nitrogens with zero attached hydrogens (tertiary/aromatic N) is 2. The topological polar surface area (TPSA) is 70.4 Å². The van der Waals surface area contributed by atoms with Crippen LogP contribution in [0.2, 0.25) is 0 Å². The summed E-state index contributed by atoms with van der Waals surface area (Å²) >= 11 is 0. The van der Waals surface area contributed by atoms with E-state index < -0.39 is 11.5 Å². The molecule has 0 fully saturated rings. The number of methoxy groups -OCH3 is 1. The molecule has 0 aromatic rings. The Kier molecular flexibility index (Phi) is 7.72. The molecule has 0 bridgehead atoms. The van der Waals surface area contributed by atoms with Crippen molar-refractivity contribution in [1.29, 1.82) is 5.26 Å². The van der Waals surface area contributed by atoms with Gasteiger partial charge in [0.1, 0.15) is 12.0 Å². The first kappa shape index (κ1) is 19.2. The number of hydrogen-bond donors (Lipinski definition) is 0. The fourth-order valence-electron chi connectivity index (χ4n) is 2.43. The fraction of sp³-hybridized carbons (Fsp3) is 0.688. The van der Waals surface area contributed by atoms with Crippen molar-refractivity contribution in [2.24, 2.45) is 5.92 Å². The quantitative estimate of drug-likeness (QED) is 0.510.